The number of carbonyl (C=O) groups excluding carboxylic acids is 1. The second-order valence-corrected chi connectivity index (χ2v) is 3.59. The second kappa shape index (κ2) is 4.73. The maximum Gasteiger partial charge on any atom is 0.315 e. The summed E-state index contributed by atoms with van der Waals surface area (Å²) in [6.45, 7) is 3.05. The highest BCUT2D eigenvalue weighted by Gasteiger charge is 2.23. The number of carboxylic acids is 1. The van der Waals surface area contributed by atoms with Crippen LogP contribution in [0.5, 0.6) is 0 Å². The number of hydrogen-bond acceptors (Lipinski definition) is 4. The smallest absolute Gasteiger partial charge is 0.315 e. The largest absolute Gasteiger partial charge is 0.481 e. The molecule has 0 aliphatic rings. The molecule has 88 valence electrons. The maximum absolute atomic E-state index is 11.5. The van der Waals surface area contributed by atoms with Gasteiger partial charge in [-0.2, -0.15) is 0 Å². The summed E-state index contributed by atoms with van der Waals surface area (Å²) in [7, 11) is 1.75. The third-order valence-corrected chi connectivity index (χ3v) is 2.26. The van der Waals surface area contributed by atoms with Crippen molar-refractivity contribution in [2.24, 2.45) is 13.0 Å². The van der Waals surface area contributed by atoms with Gasteiger partial charge in [-0.15, -0.1) is 10.2 Å². The average molecular weight is 226 g/mol. The predicted molar refractivity (Wildman–Crippen MR) is 54.4 cm³/mol. The van der Waals surface area contributed by atoms with Crippen molar-refractivity contribution in [2.75, 3.05) is 0 Å². The van der Waals surface area contributed by atoms with Crippen molar-refractivity contribution >= 4 is 11.9 Å². The molecule has 1 amide bonds. The highest BCUT2D eigenvalue weighted by Crippen LogP contribution is 2.08. The summed E-state index contributed by atoms with van der Waals surface area (Å²) in [5.41, 5.74) is 0. The van der Waals surface area contributed by atoms with Crippen LogP contribution in [0.1, 0.15) is 25.7 Å². The van der Waals surface area contributed by atoms with Crippen LogP contribution in [0.15, 0.2) is 6.33 Å². The quantitative estimate of drug-likeness (QED) is 0.688. The zero-order chi connectivity index (χ0) is 12.3. The SMILES string of the molecule is CC(C(=O)O)C(=O)NC(C)c1nncn1C. The molecule has 2 atom stereocenters. The van der Waals surface area contributed by atoms with Crippen LogP contribution in [0.4, 0.5) is 0 Å². The zero-order valence-corrected chi connectivity index (χ0v) is 9.34. The fourth-order valence-corrected chi connectivity index (χ4v) is 1.20. The number of aliphatic carboxylic acids is 1. The van der Waals surface area contributed by atoms with E-state index < -0.39 is 17.8 Å². The Labute approximate surface area is 92.5 Å². The number of nitrogens with one attached hydrogen (secondary N) is 1. The molecule has 16 heavy (non-hydrogen) atoms. The first-order valence-electron chi connectivity index (χ1n) is 4.80. The van der Waals surface area contributed by atoms with Crippen LogP contribution in [-0.4, -0.2) is 31.7 Å². The summed E-state index contributed by atoms with van der Waals surface area (Å²) in [6, 6.07) is -0.373. The lowest BCUT2D eigenvalue weighted by molar-refractivity contribution is -0.146. The predicted octanol–water partition coefficient (Wildman–Crippen LogP) is -0.287. The number of carbonyl (C=O) groups is 2. The van der Waals surface area contributed by atoms with E-state index in [0.717, 1.165) is 0 Å². The number of rotatable bonds is 4. The van der Waals surface area contributed by atoms with Gasteiger partial charge in [-0.05, 0) is 13.8 Å². The van der Waals surface area contributed by atoms with Crippen molar-refractivity contribution in [3.8, 4) is 0 Å². The summed E-state index contributed by atoms with van der Waals surface area (Å²) in [5, 5.41) is 18.7. The minimum absolute atomic E-state index is 0.373. The lowest BCUT2D eigenvalue weighted by Crippen LogP contribution is -2.36. The highest BCUT2D eigenvalue weighted by molar-refractivity contribution is 5.96. The van der Waals surface area contributed by atoms with E-state index >= 15 is 0 Å². The molecule has 7 heteroatoms. The van der Waals surface area contributed by atoms with Gasteiger partial charge in [0.2, 0.25) is 5.91 Å². The summed E-state index contributed by atoms with van der Waals surface area (Å²) in [4.78, 5) is 22.0. The Morgan fingerprint density at radius 1 is 1.50 bits per heavy atom. The van der Waals surface area contributed by atoms with Gasteiger partial charge in [0, 0.05) is 7.05 Å². The van der Waals surface area contributed by atoms with Gasteiger partial charge >= 0.3 is 5.97 Å². The van der Waals surface area contributed by atoms with Crippen LogP contribution in [0.3, 0.4) is 0 Å². The molecule has 0 aliphatic heterocycles. The molecule has 0 spiro atoms. The van der Waals surface area contributed by atoms with E-state index in [4.69, 9.17) is 5.11 Å². The Hall–Kier alpha value is -1.92. The molecule has 1 heterocycles. The van der Waals surface area contributed by atoms with Gasteiger partial charge < -0.3 is 15.0 Å². The molecule has 2 N–H and O–H groups in total. The number of hydrogen-bond donors (Lipinski definition) is 2. The lowest BCUT2D eigenvalue weighted by atomic mass is 10.1. The van der Waals surface area contributed by atoms with Crippen molar-refractivity contribution in [1.82, 2.24) is 20.1 Å². The number of nitrogens with zero attached hydrogens (tertiary/aromatic N) is 3. The Bertz CT molecular complexity index is 401. The zero-order valence-electron chi connectivity index (χ0n) is 9.34. The average Bonchev–Trinajstić information content (AvgIpc) is 2.62. The van der Waals surface area contributed by atoms with Crippen molar-refractivity contribution in [2.45, 2.75) is 19.9 Å². The van der Waals surface area contributed by atoms with E-state index in [2.05, 4.69) is 15.5 Å². The molecular formula is C9H14N4O3. The first kappa shape index (κ1) is 12.2. The fourth-order valence-electron chi connectivity index (χ4n) is 1.20. The van der Waals surface area contributed by atoms with Gasteiger partial charge in [-0.3, -0.25) is 9.59 Å². The maximum atomic E-state index is 11.5. The molecule has 0 saturated carbocycles. The molecule has 0 radical (unpaired) electrons. The van der Waals surface area contributed by atoms with Gasteiger partial charge in [-0.1, -0.05) is 0 Å². The number of aryl methyl sites for hydroxylation is 1. The monoisotopic (exact) mass is 226 g/mol. The van der Waals surface area contributed by atoms with Gasteiger partial charge in [0.25, 0.3) is 0 Å². The molecule has 0 saturated heterocycles. The summed E-state index contributed by atoms with van der Waals surface area (Å²) in [5.74, 6) is -2.19. The van der Waals surface area contributed by atoms with Crippen LogP contribution in [0.2, 0.25) is 0 Å². The molecule has 0 fully saturated rings. The molecule has 1 aromatic heterocycles. The molecule has 1 rings (SSSR count). The van der Waals surface area contributed by atoms with Crippen molar-refractivity contribution in [3.05, 3.63) is 12.2 Å². The van der Waals surface area contributed by atoms with Crippen LogP contribution < -0.4 is 5.32 Å². The Balaban J connectivity index is 2.65. The Kier molecular flexibility index (Phi) is 3.60. The minimum atomic E-state index is -1.15. The summed E-state index contributed by atoms with van der Waals surface area (Å²) < 4.78 is 1.66. The first-order chi connectivity index (χ1) is 7.43. The first-order valence-corrected chi connectivity index (χ1v) is 4.80. The highest BCUT2D eigenvalue weighted by atomic mass is 16.4. The summed E-state index contributed by atoms with van der Waals surface area (Å²) >= 11 is 0. The van der Waals surface area contributed by atoms with Crippen molar-refractivity contribution < 1.29 is 14.7 Å². The van der Waals surface area contributed by atoms with E-state index in [1.165, 1.54) is 13.3 Å². The van der Waals surface area contributed by atoms with Gasteiger partial charge in [0.1, 0.15) is 12.2 Å². The van der Waals surface area contributed by atoms with Crippen LogP contribution in [0, 0.1) is 5.92 Å². The number of carboxylic acid groups (broad SMARTS) is 1. The number of amides is 1. The molecule has 7 nitrogen and oxygen atoms in total. The molecule has 0 aromatic carbocycles. The summed E-state index contributed by atoms with van der Waals surface area (Å²) in [6.07, 6.45) is 1.51. The van der Waals surface area contributed by atoms with Crippen LogP contribution in [0.25, 0.3) is 0 Å². The van der Waals surface area contributed by atoms with E-state index in [1.54, 1.807) is 18.5 Å². The van der Waals surface area contributed by atoms with Crippen molar-refractivity contribution in [3.63, 3.8) is 0 Å². The molecule has 2 unspecified atom stereocenters. The molecule has 0 bridgehead atoms. The molecular weight excluding hydrogens is 212 g/mol. The Morgan fingerprint density at radius 2 is 2.12 bits per heavy atom. The second-order valence-electron chi connectivity index (χ2n) is 3.59. The fraction of sp³-hybridized carbons (Fsp3) is 0.556. The minimum Gasteiger partial charge on any atom is -0.481 e. The third kappa shape index (κ3) is 2.56. The third-order valence-electron chi connectivity index (χ3n) is 2.26. The molecule has 1 aromatic rings. The van der Waals surface area contributed by atoms with E-state index in [1.807, 2.05) is 0 Å². The van der Waals surface area contributed by atoms with Gasteiger partial charge in [-0.25, -0.2) is 0 Å². The Morgan fingerprint density at radius 3 is 2.56 bits per heavy atom. The van der Waals surface area contributed by atoms with Crippen LogP contribution >= 0.6 is 0 Å². The topological polar surface area (TPSA) is 97.1 Å². The van der Waals surface area contributed by atoms with E-state index in [-0.39, 0.29) is 6.04 Å². The normalized spacial score (nSPS) is 14.2. The lowest BCUT2D eigenvalue weighted by Gasteiger charge is -2.14. The standard InChI is InChI=1S/C9H14N4O3/c1-5(9(15)16)8(14)11-6(2)7-12-10-4-13(7)3/h4-6H,1-3H3,(H,11,14)(H,15,16). The van der Waals surface area contributed by atoms with Crippen molar-refractivity contribution in [1.29, 1.82) is 0 Å². The van der Waals surface area contributed by atoms with Gasteiger partial charge in [0.05, 0.1) is 6.04 Å². The van der Waals surface area contributed by atoms with E-state index in [9.17, 15) is 9.59 Å². The molecule has 0 aliphatic carbocycles. The van der Waals surface area contributed by atoms with Crippen LogP contribution in [-0.2, 0) is 16.6 Å². The van der Waals surface area contributed by atoms with Gasteiger partial charge in [0.15, 0.2) is 5.82 Å². The van der Waals surface area contributed by atoms with E-state index in [0.29, 0.717) is 5.82 Å². The number of aromatic nitrogens is 3.